The van der Waals surface area contributed by atoms with Crippen molar-refractivity contribution in [2.75, 3.05) is 47.9 Å². The molecule has 3 saturated heterocycles. The van der Waals surface area contributed by atoms with Gasteiger partial charge in [-0.15, -0.1) is 5.53 Å². The molecule has 0 amide bonds. The largest absolute Gasteiger partial charge is 0.459 e. The van der Waals surface area contributed by atoms with Crippen LogP contribution in [-0.4, -0.2) is 206 Å². The number of ether oxygens (including phenoxy) is 6. The number of esters is 1. The third-order valence-corrected chi connectivity index (χ3v) is 16.9. The molecule has 0 aliphatic carbocycles. The van der Waals surface area contributed by atoms with Crippen molar-refractivity contribution in [3.8, 4) is 11.1 Å². The van der Waals surface area contributed by atoms with Gasteiger partial charge in [0.1, 0.15) is 30.0 Å². The molecule has 4 aliphatic heterocycles. The van der Waals surface area contributed by atoms with E-state index in [1.54, 1.807) is 53.9 Å². The number of aromatic nitrogens is 1. The number of hydrogen-bond donors (Lipinski definition) is 7. The molecule has 19 nitrogen and oxygen atoms in total. The summed E-state index contributed by atoms with van der Waals surface area (Å²) in [5.74, 6) is -2.79. The Labute approximate surface area is 446 Å². The van der Waals surface area contributed by atoms with Gasteiger partial charge in [-0.3, -0.25) is 19.8 Å². The van der Waals surface area contributed by atoms with Gasteiger partial charge >= 0.3 is 5.97 Å². The number of benzene rings is 1. The van der Waals surface area contributed by atoms with Gasteiger partial charge in [0.25, 0.3) is 0 Å². The van der Waals surface area contributed by atoms with E-state index in [-0.39, 0.29) is 43.9 Å². The predicted octanol–water partition coefficient (Wildman–Crippen LogP) is 3.84. The molecule has 1 unspecified atom stereocenters. The molecule has 0 bridgehead atoms. The van der Waals surface area contributed by atoms with Crippen molar-refractivity contribution in [3.05, 3.63) is 66.3 Å². The highest BCUT2D eigenvalue weighted by Crippen LogP contribution is 2.40. The predicted molar refractivity (Wildman–Crippen MR) is 283 cm³/mol. The molecule has 7 N–H and O–H groups in total. The first-order valence-electron chi connectivity index (χ1n) is 27.1. The van der Waals surface area contributed by atoms with Crippen LogP contribution in [0.2, 0.25) is 0 Å². The average Bonchev–Trinajstić information content (AvgIpc) is 3.75. The zero-order valence-corrected chi connectivity index (χ0v) is 47.1. The Kier molecular flexibility index (Phi) is 20.8. The van der Waals surface area contributed by atoms with E-state index in [1.807, 2.05) is 75.2 Å². The number of nitrogens with one attached hydrogen (secondary N) is 1. The van der Waals surface area contributed by atoms with Crippen LogP contribution < -0.4 is 5.53 Å². The monoisotopic (exact) mass is 1060 g/mol. The van der Waals surface area contributed by atoms with Gasteiger partial charge in [0.2, 0.25) is 0 Å². The van der Waals surface area contributed by atoms with Crippen LogP contribution in [0.15, 0.2) is 60.7 Å². The number of rotatable bonds is 15. The molecule has 5 heterocycles. The first-order valence-corrected chi connectivity index (χ1v) is 27.1. The number of likely N-dealkylation sites (N-methyl/N-ethyl adjacent to an activating group) is 2. The molecule has 2 aromatic rings. The molecular weight excluding hydrogens is 965 g/mol. The molecule has 19 heteroatoms. The maximum atomic E-state index is 14.5. The fourth-order valence-electron chi connectivity index (χ4n) is 12.0. The molecule has 4 aliphatic rings. The zero-order valence-electron chi connectivity index (χ0n) is 47.1. The van der Waals surface area contributed by atoms with Crippen LogP contribution in [0.3, 0.4) is 0 Å². The fourth-order valence-corrected chi connectivity index (χ4v) is 12.0. The second-order valence-corrected chi connectivity index (χ2v) is 23.1. The van der Waals surface area contributed by atoms with Crippen LogP contribution in [0, 0.1) is 17.8 Å². The molecule has 0 saturated carbocycles. The lowest BCUT2D eigenvalue weighted by atomic mass is 9.77. The minimum atomic E-state index is -1.84. The Morgan fingerprint density at radius 3 is 2.20 bits per heavy atom. The SMILES string of the molecule is CC[C@H]1OC(=O)[C@H](C)[C@@H](O[C@H]2C[C@@](C)(OC)[C@@H](O)[C@H](C)O2)[C@H](C)[C@@H](O[C@@H]2O[C@H](C)C[C@H](N(C)CCC3=CN([C@H](CO)Cc4ccc(-c5ccncc5)cc4)NN3C)C2O)[C@](C)(O)C[C@@H](C)CN(C)[C@H](C)[C@@H](O)[C@]1(C)O. The summed E-state index contributed by atoms with van der Waals surface area (Å²) in [6.45, 7) is 18.5. The molecule has 1 aromatic carbocycles. The molecule has 0 radical (unpaired) electrons. The summed E-state index contributed by atoms with van der Waals surface area (Å²) < 4.78 is 38.5. The fraction of sp³-hybridized carbons (Fsp3) is 0.750. The highest BCUT2D eigenvalue weighted by molar-refractivity contribution is 5.73. The standard InChI is InChI=1S/C56H92N6O13/c1-15-45-56(10,69)49(65)37(6)60(12)30-33(2)28-54(8,68)51(35(4)48(36(5)52(67)73-45)74-46-29-55(9,70-14)50(66)38(7)72-46)75-53-47(64)44(26-34(3)71-53)59(11)25-22-42-31-62(58-61(42)13)43(32-63)27-39-16-18-40(19-17-39)41-20-23-57-24-21-41/h16-21,23-24,31,33-38,43-51,53,58,63-66,68-69H,15,22,25-30,32H2,1-14H3/t33-,34-,35+,36-,37-,38+,43+,44+,45-,46+,47?,48+,49-,50+,51-,53+,54-,55-,56-/m1/s1. The van der Waals surface area contributed by atoms with Gasteiger partial charge in [0, 0.05) is 82.4 Å². The first-order chi connectivity index (χ1) is 35.2. The topological polar surface area (TPSA) is 232 Å². The number of methoxy groups -OCH3 is 1. The van der Waals surface area contributed by atoms with Crippen LogP contribution in [0.1, 0.15) is 107 Å². The summed E-state index contributed by atoms with van der Waals surface area (Å²) >= 11 is 0. The zero-order chi connectivity index (χ0) is 55.3. The van der Waals surface area contributed by atoms with Crippen LogP contribution in [0.4, 0.5) is 0 Å². The number of aliphatic hydroxyl groups is 6. The number of hydrazine groups is 2. The Balaban J connectivity index is 1.24. The Morgan fingerprint density at radius 2 is 1.57 bits per heavy atom. The molecule has 19 atom stereocenters. The third kappa shape index (κ3) is 14.3. The van der Waals surface area contributed by atoms with E-state index in [1.165, 1.54) is 14.0 Å². The normalized spacial score (nSPS) is 39.5. The van der Waals surface area contributed by atoms with Crippen LogP contribution >= 0.6 is 0 Å². The molecule has 6 rings (SSSR count). The van der Waals surface area contributed by atoms with E-state index >= 15 is 0 Å². The summed E-state index contributed by atoms with van der Waals surface area (Å²) in [7, 11) is 7.25. The van der Waals surface area contributed by atoms with Crippen molar-refractivity contribution in [2.45, 2.75) is 204 Å². The number of hydrogen-bond acceptors (Lipinski definition) is 19. The Bertz CT molecular complexity index is 2140. The molecule has 75 heavy (non-hydrogen) atoms. The number of cyclic esters (lactones) is 1. The van der Waals surface area contributed by atoms with Crippen LogP contribution in [0.25, 0.3) is 11.1 Å². The second kappa shape index (κ2) is 25.6. The highest BCUT2D eigenvalue weighted by atomic mass is 16.7. The smallest absolute Gasteiger partial charge is 0.311 e. The Hall–Kier alpha value is -3.38. The van der Waals surface area contributed by atoms with E-state index in [0.717, 1.165) is 22.4 Å². The van der Waals surface area contributed by atoms with Gasteiger partial charge in [-0.25, -0.2) is 0 Å². The summed E-state index contributed by atoms with van der Waals surface area (Å²) in [5.41, 5.74) is 3.10. The summed E-state index contributed by atoms with van der Waals surface area (Å²) in [6, 6.07) is 11.1. The van der Waals surface area contributed by atoms with E-state index in [0.29, 0.717) is 32.4 Å². The van der Waals surface area contributed by atoms with E-state index in [9.17, 15) is 35.4 Å². The van der Waals surface area contributed by atoms with Gasteiger partial charge in [0.05, 0.1) is 54.2 Å². The molecule has 0 spiro atoms. The Morgan fingerprint density at radius 1 is 0.920 bits per heavy atom. The minimum Gasteiger partial charge on any atom is -0.459 e. The summed E-state index contributed by atoms with van der Waals surface area (Å²) in [4.78, 5) is 22.7. The van der Waals surface area contributed by atoms with Crippen molar-refractivity contribution < 1.29 is 63.9 Å². The lowest BCUT2D eigenvalue weighted by Gasteiger charge is -2.49. The number of pyridine rings is 1. The lowest BCUT2D eigenvalue weighted by molar-refractivity contribution is -0.318. The number of carbonyl (C=O) groups excluding carboxylic acids is 1. The highest BCUT2D eigenvalue weighted by Gasteiger charge is 2.53. The molecule has 3 fully saturated rings. The number of nitrogens with zero attached hydrogens (tertiary/aromatic N) is 5. The quantitative estimate of drug-likeness (QED) is 0.126. The molecular formula is C56H92N6O13. The summed E-state index contributed by atoms with van der Waals surface area (Å²) in [6.07, 6.45) is -2.29. The van der Waals surface area contributed by atoms with Gasteiger partial charge in [-0.2, -0.15) is 0 Å². The van der Waals surface area contributed by atoms with Gasteiger partial charge in [0.15, 0.2) is 12.6 Å². The van der Waals surface area contributed by atoms with Crippen molar-refractivity contribution in [1.82, 2.24) is 30.3 Å². The average molecular weight is 1060 g/mol. The van der Waals surface area contributed by atoms with E-state index < -0.39 is 102 Å². The van der Waals surface area contributed by atoms with Crippen molar-refractivity contribution in [2.24, 2.45) is 17.8 Å². The van der Waals surface area contributed by atoms with Crippen molar-refractivity contribution in [1.29, 1.82) is 0 Å². The van der Waals surface area contributed by atoms with Gasteiger partial charge in [-0.05, 0) is 123 Å². The second-order valence-electron chi connectivity index (χ2n) is 23.1. The van der Waals surface area contributed by atoms with Crippen molar-refractivity contribution >= 4 is 5.97 Å². The maximum Gasteiger partial charge on any atom is 0.311 e. The minimum absolute atomic E-state index is 0.0701. The van der Waals surface area contributed by atoms with Gasteiger partial charge in [-0.1, -0.05) is 45.0 Å². The molecule has 424 valence electrons. The van der Waals surface area contributed by atoms with Crippen LogP contribution in [0.5, 0.6) is 0 Å². The van der Waals surface area contributed by atoms with Gasteiger partial charge < -0.3 is 68.9 Å². The number of carbonyl (C=O) groups is 1. The van der Waals surface area contributed by atoms with E-state index in [2.05, 4.69) is 39.7 Å². The maximum absolute atomic E-state index is 14.5. The van der Waals surface area contributed by atoms with E-state index in [4.69, 9.17) is 28.4 Å². The summed E-state index contributed by atoms with van der Waals surface area (Å²) in [5, 5.41) is 74.4. The lowest BCUT2D eigenvalue weighted by Crippen LogP contribution is -2.61. The third-order valence-electron chi connectivity index (χ3n) is 16.9. The number of aliphatic hydroxyl groups excluding tert-OH is 4. The first kappa shape index (κ1) is 60.8. The molecule has 1 aromatic heterocycles. The van der Waals surface area contributed by atoms with Crippen molar-refractivity contribution in [3.63, 3.8) is 0 Å². The van der Waals surface area contributed by atoms with Crippen LogP contribution in [-0.2, 0) is 39.6 Å².